The monoisotopic (exact) mass is 441 g/mol. The van der Waals surface area contributed by atoms with Gasteiger partial charge in [-0.3, -0.25) is 4.90 Å². The van der Waals surface area contributed by atoms with E-state index in [9.17, 15) is 0 Å². The minimum absolute atomic E-state index is 0.465. The van der Waals surface area contributed by atoms with E-state index in [-0.39, 0.29) is 0 Å². The largest absolute Gasteiger partial charge is 0.287 e. The number of hydrogen-bond donors (Lipinski definition) is 0. The lowest BCUT2D eigenvalue weighted by Gasteiger charge is -2.71. The van der Waals surface area contributed by atoms with Gasteiger partial charge in [0.25, 0.3) is 0 Å². The van der Waals surface area contributed by atoms with E-state index in [4.69, 9.17) is 0 Å². The van der Waals surface area contributed by atoms with Crippen molar-refractivity contribution >= 4 is 0 Å². The van der Waals surface area contributed by atoms with E-state index in [0.29, 0.717) is 27.2 Å². The van der Waals surface area contributed by atoms with Gasteiger partial charge in [0.15, 0.2) is 0 Å². The molecule has 176 valence electrons. The maximum absolute atomic E-state index is 3.21. The summed E-state index contributed by atoms with van der Waals surface area (Å²) in [4.78, 5) is 3.21. The van der Waals surface area contributed by atoms with E-state index >= 15 is 0 Å². The van der Waals surface area contributed by atoms with Gasteiger partial charge in [-0.2, -0.15) is 0 Å². The van der Waals surface area contributed by atoms with Gasteiger partial charge in [-0.05, 0) is 111 Å². The first-order valence-corrected chi connectivity index (χ1v) is 14.8. The van der Waals surface area contributed by atoms with Crippen LogP contribution < -0.4 is 0 Å². The highest BCUT2D eigenvalue weighted by molar-refractivity contribution is 5.59. The molecule has 2 bridgehead atoms. The number of hydrogen-bond acceptors (Lipinski definition) is 1. The van der Waals surface area contributed by atoms with Gasteiger partial charge in [-0.15, -0.1) is 0 Å². The minimum Gasteiger partial charge on any atom is -0.287 e. The average molecular weight is 442 g/mol. The summed E-state index contributed by atoms with van der Waals surface area (Å²) < 4.78 is 0. The second-order valence-corrected chi connectivity index (χ2v) is 14.9. The summed E-state index contributed by atoms with van der Waals surface area (Å²) >= 11 is 0. The molecule has 6 fully saturated rings. The molecule has 0 amide bonds. The van der Waals surface area contributed by atoms with Crippen molar-refractivity contribution in [1.29, 1.82) is 0 Å². The van der Waals surface area contributed by atoms with Gasteiger partial charge >= 0.3 is 0 Å². The smallest absolute Gasteiger partial charge is 0.0427 e. The number of allylic oxidation sites excluding steroid dienone is 4. The van der Waals surface area contributed by atoms with E-state index in [2.05, 4.69) is 31.7 Å². The first-order chi connectivity index (χ1) is 15.9. The normalized spacial score (nSPS) is 56.4. The first-order valence-electron chi connectivity index (χ1n) is 14.8. The van der Waals surface area contributed by atoms with Gasteiger partial charge in [0.05, 0.1) is 0 Å². The van der Waals surface area contributed by atoms with Crippen molar-refractivity contribution in [2.75, 3.05) is 6.54 Å². The number of rotatable bonds is 0. The lowest BCUT2D eigenvalue weighted by atomic mass is 9.34. The van der Waals surface area contributed by atoms with E-state index in [0.717, 1.165) is 17.9 Å². The Morgan fingerprint density at radius 1 is 1.03 bits per heavy atom. The Bertz CT molecular complexity index is 1100. The molecule has 1 saturated heterocycles. The summed E-state index contributed by atoms with van der Waals surface area (Å²) in [5.74, 6) is 1.85. The van der Waals surface area contributed by atoms with Gasteiger partial charge in [0.2, 0.25) is 0 Å². The molecule has 5 saturated carbocycles. The zero-order valence-corrected chi connectivity index (χ0v) is 21.4. The Morgan fingerprint density at radius 3 is 2.73 bits per heavy atom. The summed E-state index contributed by atoms with van der Waals surface area (Å²) in [7, 11) is 0. The fourth-order valence-electron chi connectivity index (χ4n) is 13.7. The fourth-order valence-corrected chi connectivity index (χ4v) is 13.7. The predicted molar refractivity (Wildman–Crippen MR) is 134 cm³/mol. The molecular weight excluding hydrogens is 398 g/mol. The Hall–Kier alpha value is -0.820. The molecule has 33 heavy (non-hydrogen) atoms. The number of fused-ring (bicyclic) bond motifs is 1. The van der Waals surface area contributed by atoms with Crippen molar-refractivity contribution in [3.63, 3.8) is 0 Å². The Balaban J connectivity index is 1.37. The number of nitrogens with zero attached hydrogens (tertiary/aromatic N) is 1. The molecular formula is C32H43N. The summed E-state index contributed by atoms with van der Waals surface area (Å²) in [5, 5.41) is 0. The molecule has 0 aromatic rings. The second-order valence-electron chi connectivity index (χ2n) is 14.9. The Morgan fingerprint density at radius 2 is 1.88 bits per heavy atom. The highest BCUT2D eigenvalue weighted by atomic mass is 15.4. The van der Waals surface area contributed by atoms with Crippen LogP contribution in [0.1, 0.15) is 111 Å². The molecule has 2 aliphatic heterocycles. The van der Waals surface area contributed by atoms with Crippen LogP contribution in [-0.2, 0) is 0 Å². The van der Waals surface area contributed by atoms with Crippen LogP contribution in [0.25, 0.3) is 0 Å². The maximum atomic E-state index is 3.21. The summed E-state index contributed by atoms with van der Waals surface area (Å²) in [6, 6.07) is 0.761. The summed E-state index contributed by atoms with van der Waals surface area (Å²) in [6.07, 6.45) is 23.4. The van der Waals surface area contributed by atoms with Gasteiger partial charge in [0.1, 0.15) is 0 Å². The van der Waals surface area contributed by atoms with Crippen LogP contribution in [0.3, 0.4) is 0 Å². The molecule has 0 aromatic heterocycles. The van der Waals surface area contributed by atoms with E-state index in [1.54, 1.807) is 6.42 Å². The van der Waals surface area contributed by atoms with Gasteiger partial charge in [-0.1, -0.05) is 55.9 Å². The molecule has 9 rings (SSSR count). The third kappa shape index (κ3) is 1.69. The van der Waals surface area contributed by atoms with Crippen LogP contribution in [0.2, 0.25) is 0 Å². The van der Waals surface area contributed by atoms with Crippen LogP contribution in [0.15, 0.2) is 33.9 Å². The van der Waals surface area contributed by atoms with E-state index in [1.807, 2.05) is 27.9 Å². The highest BCUT2D eigenvalue weighted by Gasteiger charge is 2.84. The Labute approximate surface area is 201 Å². The molecule has 0 aromatic carbocycles. The zero-order valence-electron chi connectivity index (χ0n) is 21.4. The van der Waals surface area contributed by atoms with Crippen molar-refractivity contribution in [2.24, 2.45) is 33.5 Å². The molecule has 1 heteroatoms. The SMILES string of the molecule is CC1=C2CC34C5C6=C(CC=C6CC3(C)C2(CC1)C(C)CC41CCCC1)CC1CCCC12CN52. The van der Waals surface area contributed by atoms with Crippen molar-refractivity contribution in [2.45, 2.75) is 122 Å². The summed E-state index contributed by atoms with van der Waals surface area (Å²) in [6.45, 7) is 9.60. The zero-order chi connectivity index (χ0) is 22.0. The van der Waals surface area contributed by atoms with Gasteiger partial charge < -0.3 is 0 Å². The average Bonchev–Trinajstić information content (AvgIpc) is 3.22. The van der Waals surface area contributed by atoms with Crippen molar-refractivity contribution in [3.05, 3.63) is 33.9 Å². The maximum Gasteiger partial charge on any atom is 0.0427 e. The molecule has 9 aliphatic rings. The van der Waals surface area contributed by atoms with Crippen LogP contribution >= 0.6 is 0 Å². The predicted octanol–water partition coefficient (Wildman–Crippen LogP) is 7.74. The molecule has 0 N–H and O–H groups in total. The van der Waals surface area contributed by atoms with E-state index < -0.39 is 0 Å². The van der Waals surface area contributed by atoms with Gasteiger partial charge in [-0.25, -0.2) is 0 Å². The molecule has 1 nitrogen and oxygen atoms in total. The summed E-state index contributed by atoms with van der Waals surface area (Å²) in [5.41, 5.74) is 12.2. The third-order valence-corrected chi connectivity index (χ3v) is 14.7. The van der Waals surface area contributed by atoms with Crippen LogP contribution in [0.4, 0.5) is 0 Å². The van der Waals surface area contributed by atoms with Gasteiger partial charge in [0, 0.05) is 29.0 Å². The van der Waals surface area contributed by atoms with Crippen molar-refractivity contribution in [1.82, 2.24) is 4.90 Å². The second kappa shape index (κ2) is 5.45. The molecule has 8 unspecified atom stereocenters. The fraction of sp³-hybridized carbons (Fsp3) is 0.812. The molecule has 8 atom stereocenters. The lowest BCUT2D eigenvalue weighted by molar-refractivity contribution is -0.200. The van der Waals surface area contributed by atoms with Crippen LogP contribution in [0.5, 0.6) is 0 Å². The quantitative estimate of drug-likeness (QED) is 0.274. The molecule has 0 radical (unpaired) electrons. The highest BCUT2D eigenvalue weighted by Crippen LogP contribution is 2.89. The molecule has 3 spiro atoms. The van der Waals surface area contributed by atoms with Crippen molar-refractivity contribution in [3.8, 4) is 0 Å². The first kappa shape index (κ1) is 19.4. The minimum atomic E-state index is 0.465. The molecule has 7 aliphatic carbocycles. The standard InChI is InChI=1S/C32H43N/c1-20-10-14-31-21(2)16-29(11-4-5-12-29)32(18-25(20)31)27-26-22(8-9-23(26)17-28(31,32)3)15-24-7-6-13-30(24)19-33(27)30/h9,21,24,27H,4-8,10-19H2,1-3H3. The van der Waals surface area contributed by atoms with Crippen LogP contribution in [-0.4, -0.2) is 23.0 Å². The topological polar surface area (TPSA) is 3.01 Å². The van der Waals surface area contributed by atoms with Crippen molar-refractivity contribution < 1.29 is 0 Å². The van der Waals surface area contributed by atoms with E-state index in [1.165, 1.54) is 90.0 Å². The molecule has 2 heterocycles. The van der Waals surface area contributed by atoms with Crippen LogP contribution in [0, 0.1) is 33.5 Å². The third-order valence-electron chi connectivity index (χ3n) is 14.7. The lowest BCUT2D eigenvalue weighted by Crippen LogP contribution is -2.68. The Kier molecular flexibility index (Phi) is 3.20.